The Hall–Kier alpha value is -2.59. The fraction of sp³-hybridized carbons (Fsp3) is 0.500. The third-order valence-corrected chi connectivity index (χ3v) is 5.45. The van der Waals surface area contributed by atoms with Crippen molar-refractivity contribution >= 4 is 17.3 Å². The molecular formula is C20H26F3N5O2. The summed E-state index contributed by atoms with van der Waals surface area (Å²) in [5.74, 6) is 1.30. The molecular weight excluding hydrogens is 399 g/mol. The Morgan fingerprint density at radius 2 is 1.97 bits per heavy atom. The number of hydrogen-bond acceptors (Lipinski definition) is 7. The molecule has 2 heterocycles. The summed E-state index contributed by atoms with van der Waals surface area (Å²) in [7, 11) is 0. The number of aliphatic hydroxyl groups is 1. The molecule has 0 radical (unpaired) electrons. The van der Waals surface area contributed by atoms with Crippen LogP contribution in [0.25, 0.3) is 0 Å². The number of nitrogens with zero attached hydrogens (tertiary/aromatic N) is 3. The van der Waals surface area contributed by atoms with E-state index in [4.69, 9.17) is 5.73 Å². The maximum atomic E-state index is 12.3. The van der Waals surface area contributed by atoms with Crippen LogP contribution in [0.2, 0.25) is 0 Å². The molecule has 0 aliphatic carbocycles. The van der Waals surface area contributed by atoms with Crippen molar-refractivity contribution in [2.75, 3.05) is 23.3 Å². The summed E-state index contributed by atoms with van der Waals surface area (Å²) in [5.41, 5.74) is 7.07. The second-order valence-electron chi connectivity index (χ2n) is 7.57. The largest absolute Gasteiger partial charge is 0.573 e. The van der Waals surface area contributed by atoms with Crippen LogP contribution in [0, 0.1) is 18.8 Å². The summed E-state index contributed by atoms with van der Waals surface area (Å²) < 4.78 is 40.8. The Kier molecular flexibility index (Phi) is 6.67. The lowest BCUT2D eigenvalue weighted by Crippen LogP contribution is -2.43. The van der Waals surface area contributed by atoms with E-state index >= 15 is 0 Å². The zero-order valence-corrected chi connectivity index (χ0v) is 16.9. The highest BCUT2D eigenvalue weighted by molar-refractivity contribution is 5.65. The minimum absolute atomic E-state index is 0.0232. The molecule has 1 aliphatic heterocycles. The summed E-state index contributed by atoms with van der Waals surface area (Å²) in [5, 5.41) is 12.8. The average molecular weight is 425 g/mol. The maximum absolute atomic E-state index is 12.3. The van der Waals surface area contributed by atoms with Crippen molar-refractivity contribution in [1.29, 1.82) is 0 Å². The van der Waals surface area contributed by atoms with Crippen LogP contribution in [0.3, 0.4) is 0 Å². The molecule has 7 nitrogen and oxygen atoms in total. The number of halogens is 3. The molecule has 1 saturated heterocycles. The van der Waals surface area contributed by atoms with Crippen LogP contribution in [0.5, 0.6) is 5.75 Å². The topological polar surface area (TPSA) is 96.5 Å². The Morgan fingerprint density at radius 3 is 2.60 bits per heavy atom. The first-order chi connectivity index (χ1) is 14.1. The van der Waals surface area contributed by atoms with Crippen LogP contribution >= 0.6 is 0 Å². The lowest BCUT2D eigenvalue weighted by molar-refractivity contribution is -0.274. The van der Waals surface area contributed by atoms with Gasteiger partial charge in [0.1, 0.15) is 29.9 Å². The van der Waals surface area contributed by atoms with Gasteiger partial charge in [-0.3, -0.25) is 0 Å². The fourth-order valence-corrected chi connectivity index (χ4v) is 3.67. The van der Waals surface area contributed by atoms with Crippen LogP contribution in [0.4, 0.5) is 30.5 Å². The minimum Gasteiger partial charge on any atom is -0.406 e. The standard InChI is InChI=1S/C20H26F3N5O2/c1-12(17(24)29)14-4-3-9-28(10-14)19-13(2)18(25-11-26-19)27-15-5-7-16(8-6-15)30-20(21,22)23/h5-8,11-12,14,17,29H,3-4,9-10,24H2,1-2H3,(H,25,26,27). The van der Waals surface area contributed by atoms with Crippen molar-refractivity contribution in [3.8, 4) is 5.75 Å². The first-order valence-electron chi connectivity index (χ1n) is 9.77. The summed E-state index contributed by atoms with van der Waals surface area (Å²) in [6.45, 7) is 5.41. The number of piperidine rings is 1. The lowest BCUT2D eigenvalue weighted by Gasteiger charge is -2.37. The van der Waals surface area contributed by atoms with Gasteiger partial charge in [-0.2, -0.15) is 0 Å². The number of hydrogen-bond donors (Lipinski definition) is 3. The third-order valence-electron chi connectivity index (χ3n) is 5.45. The van der Waals surface area contributed by atoms with E-state index in [-0.39, 0.29) is 17.6 Å². The van der Waals surface area contributed by atoms with Crippen LogP contribution in [0.1, 0.15) is 25.3 Å². The number of anilines is 3. The highest BCUT2D eigenvalue weighted by atomic mass is 19.4. The molecule has 10 heteroatoms. The number of benzene rings is 1. The van der Waals surface area contributed by atoms with Crippen molar-refractivity contribution in [2.45, 2.75) is 39.3 Å². The van der Waals surface area contributed by atoms with Crippen LogP contribution in [0.15, 0.2) is 30.6 Å². The highest BCUT2D eigenvalue weighted by Crippen LogP contribution is 2.32. The first-order valence-corrected chi connectivity index (χ1v) is 9.77. The molecule has 164 valence electrons. The number of nitrogens with two attached hydrogens (primary N) is 1. The van der Waals surface area contributed by atoms with Gasteiger partial charge in [-0.15, -0.1) is 13.2 Å². The Labute approximate surface area is 173 Å². The van der Waals surface area contributed by atoms with Gasteiger partial charge in [0.25, 0.3) is 0 Å². The van der Waals surface area contributed by atoms with Gasteiger partial charge in [0.05, 0.1) is 0 Å². The summed E-state index contributed by atoms with van der Waals surface area (Å²) >= 11 is 0. The summed E-state index contributed by atoms with van der Waals surface area (Å²) in [4.78, 5) is 10.9. The van der Waals surface area contributed by atoms with Gasteiger partial charge in [0.15, 0.2) is 0 Å². The van der Waals surface area contributed by atoms with Crippen molar-refractivity contribution in [1.82, 2.24) is 9.97 Å². The zero-order valence-electron chi connectivity index (χ0n) is 16.9. The number of ether oxygens (including phenoxy) is 1. The van der Waals surface area contributed by atoms with Gasteiger partial charge in [-0.05, 0) is 55.9 Å². The highest BCUT2D eigenvalue weighted by Gasteiger charge is 2.31. The van der Waals surface area contributed by atoms with E-state index in [0.717, 1.165) is 37.3 Å². The number of aliphatic hydroxyl groups excluding tert-OH is 1. The van der Waals surface area contributed by atoms with Gasteiger partial charge >= 0.3 is 6.36 Å². The molecule has 1 aromatic heterocycles. The fourth-order valence-electron chi connectivity index (χ4n) is 3.67. The SMILES string of the molecule is Cc1c(Nc2ccc(OC(F)(F)F)cc2)ncnc1N1CCCC(C(C)C(N)O)C1. The van der Waals surface area contributed by atoms with Gasteiger partial charge in [0.2, 0.25) is 0 Å². The zero-order chi connectivity index (χ0) is 21.9. The van der Waals surface area contributed by atoms with E-state index in [1.807, 2.05) is 13.8 Å². The van der Waals surface area contributed by atoms with E-state index in [1.165, 1.54) is 30.6 Å². The smallest absolute Gasteiger partial charge is 0.406 e. The van der Waals surface area contributed by atoms with Gasteiger partial charge in [0, 0.05) is 24.3 Å². The predicted molar refractivity (Wildman–Crippen MR) is 107 cm³/mol. The molecule has 1 fully saturated rings. The normalized spacial score (nSPS) is 19.3. The molecule has 2 aromatic rings. The predicted octanol–water partition coefficient (Wildman–Crippen LogP) is 3.56. The third kappa shape index (κ3) is 5.51. The van der Waals surface area contributed by atoms with E-state index < -0.39 is 12.6 Å². The molecule has 3 atom stereocenters. The molecule has 1 aromatic carbocycles. The second-order valence-corrected chi connectivity index (χ2v) is 7.57. The van der Waals surface area contributed by atoms with E-state index in [1.54, 1.807) is 0 Å². The molecule has 0 saturated carbocycles. The van der Waals surface area contributed by atoms with E-state index in [9.17, 15) is 18.3 Å². The molecule has 0 amide bonds. The van der Waals surface area contributed by atoms with Gasteiger partial charge < -0.3 is 25.8 Å². The maximum Gasteiger partial charge on any atom is 0.573 e. The second kappa shape index (κ2) is 9.05. The Balaban J connectivity index is 1.73. The van der Waals surface area contributed by atoms with Gasteiger partial charge in [-0.25, -0.2) is 9.97 Å². The molecule has 0 bridgehead atoms. The Morgan fingerprint density at radius 1 is 1.27 bits per heavy atom. The molecule has 1 aliphatic rings. The first kappa shape index (κ1) is 22.1. The number of rotatable bonds is 6. The van der Waals surface area contributed by atoms with Gasteiger partial charge in [-0.1, -0.05) is 6.92 Å². The summed E-state index contributed by atoms with van der Waals surface area (Å²) in [6.07, 6.45) is -2.17. The van der Waals surface area contributed by atoms with Crippen LogP contribution < -0.4 is 20.7 Å². The quantitative estimate of drug-likeness (QED) is 0.609. The van der Waals surface area contributed by atoms with Crippen LogP contribution in [-0.4, -0.2) is 40.8 Å². The molecule has 30 heavy (non-hydrogen) atoms. The van der Waals surface area contributed by atoms with E-state index in [2.05, 4.69) is 24.9 Å². The average Bonchev–Trinajstić information content (AvgIpc) is 2.69. The number of nitrogens with one attached hydrogen (secondary N) is 1. The number of alkyl halides is 3. The number of aromatic nitrogens is 2. The monoisotopic (exact) mass is 425 g/mol. The van der Waals surface area contributed by atoms with E-state index in [0.29, 0.717) is 11.5 Å². The molecule has 3 unspecified atom stereocenters. The Bertz CT molecular complexity index is 845. The summed E-state index contributed by atoms with van der Waals surface area (Å²) in [6, 6.07) is 5.46. The van der Waals surface area contributed by atoms with Crippen molar-refractivity contribution in [2.24, 2.45) is 17.6 Å². The molecule has 3 rings (SSSR count). The van der Waals surface area contributed by atoms with Crippen molar-refractivity contribution in [3.63, 3.8) is 0 Å². The molecule has 4 N–H and O–H groups in total. The minimum atomic E-state index is -4.73. The van der Waals surface area contributed by atoms with Crippen LogP contribution in [-0.2, 0) is 0 Å². The van der Waals surface area contributed by atoms with Crippen molar-refractivity contribution in [3.05, 3.63) is 36.2 Å². The van der Waals surface area contributed by atoms with Crippen molar-refractivity contribution < 1.29 is 23.0 Å². The molecule has 0 spiro atoms. The lowest BCUT2D eigenvalue weighted by atomic mass is 9.85.